The van der Waals surface area contributed by atoms with E-state index >= 15 is 0 Å². The zero-order valence-corrected chi connectivity index (χ0v) is 15.4. The Kier molecular flexibility index (Phi) is 4.10. The third-order valence-corrected chi connectivity index (χ3v) is 7.04. The molecule has 0 saturated carbocycles. The molecule has 3 aliphatic heterocycles. The number of hydrogen-bond donors (Lipinski definition) is 0. The van der Waals surface area contributed by atoms with Gasteiger partial charge in [0, 0.05) is 24.6 Å². The van der Waals surface area contributed by atoms with Gasteiger partial charge in [-0.25, -0.2) is 13.4 Å². The molecular formula is C18H21N3O4S. The first kappa shape index (κ1) is 17.2. The molecule has 1 fully saturated rings. The Morgan fingerprint density at radius 2 is 2.00 bits per heavy atom. The van der Waals surface area contributed by atoms with Gasteiger partial charge in [0.15, 0.2) is 9.84 Å². The van der Waals surface area contributed by atoms with Gasteiger partial charge in [-0.2, -0.15) is 5.10 Å². The number of carbonyl (C=O) groups excluding carboxylic acids is 2. The lowest BCUT2D eigenvalue weighted by Gasteiger charge is -2.30. The van der Waals surface area contributed by atoms with Gasteiger partial charge in [-0.05, 0) is 31.4 Å². The second-order valence-electron chi connectivity index (χ2n) is 7.20. The second kappa shape index (κ2) is 6.19. The highest BCUT2D eigenvalue weighted by molar-refractivity contribution is 7.91. The Balaban J connectivity index is 1.62. The maximum Gasteiger partial charge on any atom is 0.274 e. The van der Waals surface area contributed by atoms with Gasteiger partial charge in [0.2, 0.25) is 5.91 Å². The summed E-state index contributed by atoms with van der Waals surface area (Å²) in [7, 11) is -3.13. The highest BCUT2D eigenvalue weighted by atomic mass is 32.2. The van der Waals surface area contributed by atoms with E-state index in [0.717, 1.165) is 17.7 Å². The first-order valence-corrected chi connectivity index (χ1v) is 10.7. The molecule has 1 aromatic carbocycles. The molecule has 26 heavy (non-hydrogen) atoms. The van der Waals surface area contributed by atoms with Gasteiger partial charge in [0.25, 0.3) is 5.91 Å². The van der Waals surface area contributed by atoms with Crippen LogP contribution in [0.2, 0.25) is 0 Å². The summed E-state index contributed by atoms with van der Waals surface area (Å²) in [6.07, 6.45) is 1.64. The molecule has 3 heterocycles. The highest BCUT2D eigenvalue weighted by Gasteiger charge is 2.39. The third-order valence-electron chi connectivity index (χ3n) is 5.29. The van der Waals surface area contributed by atoms with E-state index in [1.165, 1.54) is 5.01 Å². The van der Waals surface area contributed by atoms with Crippen molar-refractivity contribution in [1.82, 2.24) is 5.01 Å². The summed E-state index contributed by atoms with van der Waals surface area (Å²) in [6, 6.07) is 7.37. The van der Waals surface area contributed by atoms with Crippen molar-refractivity contribution in [2.45, 2.75) is 44.7 Å². The number of carbonyl (C=O) groups is 2. The first-order valence-electron chi connectivity index (χ1n) is 8.87. The van der Waals surface area contributed by atoms with Crippen LogP contribution in [-0.2, 0) is 25.8 Å². The van der Waals surface area contributed by atoms with Crippen molar-refractivity contribution in [3.63, 3.8) is 0 Å². The molecule has 2 atom stereocenters. The second-order valence-corrected chi connectivity index (χ2v) is 9.43. The maximum absolute atomic E-state index is 13.1. The molecule has 2 unspecified atom stereocenters. The van der Waals surface area contributed by atoms with Crippen molar-refractivity contribution in [1.29, 1.82) is 0 Å². The van der Waals surface area contributed by atoms with E-state index in [9.17, 15) is 18.0 Å². The number of para-hydroxylation sites is 1. The molecule has 0 radical (unpaired) electrons. The van der Waals surface area contributed by atoms with Crippen LogP contribution in [0.3, 0.4) is 0 Å². The quantitative estimate of drug-likeness (QED) is 0.775. The Labute approximate surface area is 152 Å². The molecular weight excluding hydrogens is 354 g/mol. The fourth-order valence-corrected chi connectivity index (χ4v) is 5.68. The normalized spacial score (nSPS) is 27.4. The summed E-state index contributed by atoms with van der Waals surface area (Å²) in [5, 5.41) is 5.55. The Morgan fingerprint density at radius 3 is 2.73 bits per heavy atom. The molecule has 7 nitrogen and oxygen atoms in total. The van der Waals surface area contributed by atoms with Crippen molar-refractivity contribution < 1.29 is 18.0 Å². The minimum Gasteiger partial charge on any atom is -0.304 e. The fourth-order valence-electron chi connectivity index (χ4n) is 3.99. The van der Waals surface area contributed by atoms with Gasteiger partial charge in [-0.3, -0.25) is 9.59 Å². The first-order chi connectivity index (χ1) is 12.4. The molecule has 0 N–H and O–H groups in total. The largest absolute Gasteiger partial charge is 0.304 e. The Bertz CT molecular complexity index is 909. The standard InChI is InChI=1S/C18H21N3O4S/c1-12-10-13-4-2-3-5-16(13)20(12)18(23)15-6-7-17(22)21(19-15)14-8-9-26(24,25)11-14/h2-5,12,14H,6-11H2,1H3. The van der Waals surface area contributed by atoms with Crippen molar-refractivity contribution in [3.05, 3.63) is 29.8 Å². The molecule has 0 spiro atoms. The van der Waals surface area contributed by atoms with E-state index in [1.807, 2.05) is 31.2 Å². The lowest BCUT2D eigenvalue weighted by Crippen LogP contribution is -2.46. The average molecular weight is 375 g/mol. The summed E-state index contributed by atoms with van der Waals surface area (Å²) in [5.41, 5.74) is 2.34. The third kappa shape index (κ3) is 2.92. The van der Waals surface area contributed by atoms with Crippen molar-refractivity contribution in [2.75, 3.05) is 16.4 Å². The number of hydrazone groups is 1. The zero-order valence-electron chi connectivity index (χ0n) is 14.6. The SMILES string of the molecule is CC1Cc2ccccc2N1C(=O)C1=NN(C2CCS(=O)(=O)C2)C(=O)CC1. The van der Waals surface area contributed by atoms with E-state index in [1.54, 1.807) is 4.90 Å². The maximum atomic E-state index is 13.1. The molecule has 138 valence electrons. The molecule has 2 amide bonds. The van der Waals surface area contributed by atoms with Gasteiger partial charge in [0.1, 0.15) is 5.71 Å². The Hall–Kier alpha value is -2.22. The smallest absolute Gasteiger partial charge is 0.274 e. The number of anilines is 1. The van der Waals surface area contributed by atoms with Gasteiger partial charge in [0.05, 0.1) is 17.5 Å². The van der Waals surface area contributed by atoms with E-state index in [0.29, 0.717) is 18.6 Å². The number of amides is 2. The van der Waals surface area contributed by atoms with Crippen LogP contribution in [0, 0.1) is 0 Å². The number of benzene rings is 1. The van der Waals surface area contributed by atoms with E-state index in [-0.39, 0.29) is 35.8 Å². The predicted molar refractivity (Wildman–Crippen MR) is 97.7 cm³/mol. The summed E-state index contributed by atoms with van der Waals surface area (Å²) < 4.78 is 23.5. The van der Waals surface area contributed by atoms with Crippen LogP contribution in [0.1, 0.15) is 31.7 Å². The fraction of sp³-hybridized carbons (Fsp3) is 0.500. The minimum atomic E-state index is -3.13. The summed E-state index contributed by atoms with van der Waals surface area (Å²) >= 11 is 0. The number of rotatable bonds is 2. The van der Waals surface area contributed by atoms with Gasteiger partial charge in [-0.1, -0.05) is 18.2 Å². The lowest BCUT2D eigenvalue weighted by molar-refractivity contribution is -0.133. The molecule has 0 bridgehead atoms. The van der Waals surface area contributed by atoms with Crippen molar-refractivity contribution in [3.8, 4) is 0 Å². The molecule has 1 saturated heterocycles. The van der Waals surface area contributed by atoms with Crippen molar-refractivity contribution in [2.24, 2.45) is 5.10 Å². The van der Waals surface area contributed by atoms with Crippen LogP contribution in [0.15, 0.2) is 29.4 Å². The van der Waals surface area contributed by atoms with Crippen LogP contribution < -0.4 is 4.90 Å². The topological polar surface area (TPSA) is 87.1 Å². The number of fused-ring (bicyclic) bond motifs is 1. The molecule has 8 heteroatoms. The minimum absolute atomic E-state index is 0.0283. The molecule has 0 aliphatic carbocycles. The predicted octanol–water partition coefficient (Wildman–Crippen LogP) is 1.13. The van der Waals surface area contributed by atoms with Gasteiger partial charge >= 0.3 is 0 Å². The summed E-state index contributed by atoms with van der Waals surface area (Å²) in [4.78, 5) is 27.1. The number of sulfone groups is 1. The molecule has 0 aromatic heterocycles. The highest BCUT2D eigenvalue weighted by Crippen LogP contribution is 2.33. The van der Waals surface area contributed by atoms with E-state index in [2.05, 4.69) is 5.10 Å². The van der Waals surface area contributed by atoms with Gasteiger partial charge in [-0.15, -0.1) is 0 Å². The lowest BCUT2D eigenvalue weighted by atomic mass is 10.1. The zero-order chi connectivity index (χ0) is 18.5. The van der Waals surface area contributed by atoms with Crippen LogP contribution in [0.5, 0.6) is 0 Å². The van der Waals surface area contributed by atoms with Crippen LogP contribution >= 0.6 is 0 Å². The van der Waals surface area contributed by atoms with Crippen LogP contribution in [0.25, 0.3) is 0 Å². The van der Waals surface area contributed by atoms with E-state index in [4.69, 9.17) is 0 Å². The summed E-state index contributed by atoms with van der Waals surface area (Å²) in [6.45, 7) is 1.99. The van der Waals surface area contributed by atoms with Crippen LogP contribution in [0.4, 0.5) is 5.69 Å². The average Bonchev–Trinajstić information content (AvgIpc) is 3.13. The van der Waals surface area contributed by atoms with E-state index < -0.39 is 15.9 Å². The molecule has 3 aliphatic rings. The Morgan fingerprint density at radius 1 is 1.23 bits per heavy atom. The number of nitrogens with zero attached hydrogens (tertiary/aromatic N) is 3. The molecule has 1 aromatic rings. The monoisotopic (exact) mass is 375 g/mol. The van der Waals surface area contributed by atoms with Gasteiger partial charge < -0.3 is 4.90 Å². The molecule has 4 rings (SSSR count). The van der Waals surface area contributed by atoms with Crippen LogP contribution in [-0.4, -0.2) is 54.5 Å². The number of hydrogen-bond acceptors (Lipinski definition) is 5. The summed E-state index contributed by atoms with van der Waals surface area (Å²) in [5.74, 6) is -0.414. The van der Waals surface area contributed by atoms with Crippen molar-refractivity contribution >= 4 is 33.1 Å².